The molecule has 0 saturated carbocycles. The third-order valence-electron chi connectivity index (χ3n) is 4.08. The number of fused-ring (bicyclic) bond motifs is 3. The number of benzene rings is 2. The maximum atomic E-state index is 4.80. The lowest BCUT2D eigenvalue weighted by atomic mass is 10.1. The molecular weight excluding hydrogens is 280 g/mol. The van der Waals surface area contributed by atoms with Gasteiger partial charge in [0.15, 0.2) is 0 Å². The highest BCUT2D eigenvalue weighted by atomic mass is 14.7. The van der Waals surface area contributed by atoms with Gasteiger partial charge in [0.1, 0.15) is 0 Å². The molecular formula is C21H16N2. The normalized spacial score (nSPS) is 11.5. The van der Waals surface area contributed by atoms with Crippen LogP contribution in [0.15, 0.2) is 66.9 Å². The van der Waals surface area contributed by atoms with Gasteiger partial charge in [0.25, 0.3) is 0 Å². The zero-order valence-corrected chi connectivity index (χ0v) is 12.9. The smallest absolute Gasteiger partial charge is 0.0971 e. The van der Waals surface area contributed by atoms with Crippen LogP contribution in [-0.2, 0) is 0 Å². The van der Waals surface area contributed by atoms with Crippen molar-refractivity contribution >= 4 is 34.0 Å². The van der Waals surface area contributed by atoms with E-state index in [0.717, 1.165) is 27.5 Å². The molecule has 0 fully saturated rings. The minimum atomic E-state index is 0.943. The third-order valence-corrected chi connectivity index (χ3v) is 4.08. The Labute approximate surface area is 135 Å². The van der Waals surface area contributed by atoms with Crippen molar-refractivity contribution in [1.29, 1.82) is 0 Å². The summed E-state index contributed by atoms with van der Waals surface area (Å²) in [6, 6.07) is 20.7. The summed E-state index contributed by atoms with van der Waals surface area (Å²) in [5.41, 5.74) is 5.33. The van der Waals surface area contributed by atoms with Gasteiger partial charge in [-0.2, -0.15) is 0 Å². The van der Waals surface area contributed by atoms with E-state index in [2.05, 4.69) is 72.6 Å². The first-order chi connectivity index (χ1) is 11.3. The van der Waals surface area contributed by atoms with Crippen LogP contribution < -0.4 is 0 Å². The standard InChI is InChI=1S/C21H16N2/c1-15-5-2-3-6-16(15)10-12-19-13-11-18-9-8-17-7-4-14-22-20(17)21(18)23-19/h2-14H,1H3. The summed E-state index contributed by atoms with van der Waals surface area (Å²) in [6.45, 7) is 2.12. The van der Waals surface area contributed by atoms with Crippen molar-refractivity contribution in [1.82, 2.24) is 9.97 Å². The topological polar surface area (TPSA) is 25.8 Å². The molecule has 2 heteroatoms. The predicted octanol–water partition coefficient (Wildman–Crippen LogP) is 5.26. The number of nitrogens with zero attached hydrogens (tertiary/aromatic N) is 2. The Bertz CT molecular complexity index is 1030. The Morgan fingerprint density at radius 3 is 2.39 bits per heavy atom. The summed E-state index contributed by atoms with van der Waals surface area (Å²) in [5, 5.41) is 2.23. The number of pyridine rings is 2. The van der Waals surface area contributed by atoms with Gasteiger partial charge in [-0.1, -0.05) is 54.6 Å². The molecule has 0 aliphatic rings. The number of rotatable bonds is 2. The van der Waals surface area contributed by atoms with Crippen LogP contribution in [0.4, 0.5) is 0 Å². The molecule has 2 nitrogen and oxygen atoms in total. The maximum Gasteiger partial charge on any atom is 0.0971 e. The molecule has 0 N–H and O–H groups in total. The first kappa shape index (κ1) is 13.6. The van der Waals surface area contributed by atoms with Crippen molar-refractivity contribution in [3.63, 3.8) is 0 Å². The summed E-state index contributed by atoms with van der Waals surface area (Å²) in [5.74, 6) is 0. The summed E-state index contributed by atoms with van der Waals surface area (Å²) in [4.78, 5) is 9.30. The molecule has 4 aromatic rings. The van der Waals surface area contributed by atoms with Crippen molar-refractivity contribution < 1.29 is 0 Å². The zero-order valence-electron chi connectivity index (χ0n) is 12.9. The van der Waals surface area contributed by atoms with Gasteiger partial charge < -0.3 is 0 Å². The average Bonchev–Trinajstić information content (AvgIpc) is 2.61. The second kappa shape index (κ2) is 5.65. The van der Waals surface area contributed by atoms with Crippen LogP contribution in [0.1, 0.15) is 16.8 Å². The van der Waals surface area contributed by atoms with Gasteiger partial charge in [0.05, 0.1) is 16.7 Å². The molecule has 0 bridgehead atoms. The number of hydrogen-bond acceptors (Lipinski definition) is 2. The van der Waals surface area contributed by atoms with Crippen molar-refractivity contribution in [2.75, 3.05) is 0 Å². The van der Waals surface area contributed by atoms with Gasteiger partial charge in [-0.3, -0.25) is 4.98 Å². The van der Waals surface area contributed by atoms with E-state index in [1.807, 2.05) is 18.3 Å². The van der Waals surface area contributed by atoms with Crippen LogP contribution in [0.25, 0.3) is 34.0 Å². The summed E-state index contributed by atoms with van der Waals surface area (Å²) < 4.78 is 0. The molecule has 110 valence electrons. The number of aryl methyl sites for hydroxylation is 1. The van der Waals surface area contributed by atoms with Crippen LogP contribution in [0.3, 0.4) is 0 Å². The van der Waals surface area contributed by atoms with Gasteiger partial charge in [-0.05, 0) is 36.3 Å². The molecule has 0 aliphatic heterocycles. The van der Waals surface area contributed by atoms with Crippen LogP contribution in [0.2, 0.25) is 0 Å². The van der Waals surface area contributed by atoms with E-state index >= 15 is 0 Å². The second-order valence-corrected chi connectivity index (χ2v) is 5.64. The maximum absolute atomic E-state index is 4.80. The largest absolute Gasteiger partial charge is 0.254 e. The molecule has 2 aromatic carbocycles. The Balaban J connectivity index is 1.82. The molecule has 2 aromatic heterocycles. The summed E-state index contributed by atoms with van der Waals surface area (Å²) in [7, 11) is 0. The lowest BCUT2D eigenvalue weighted by molar-refractivity contribution is 1.35. The van der Waals surface area contributed by atoms with Gasteiger partial charge in [-0.15, -0.1) is 0 Å². The fourth-order valence-electron chi connectivity index (χ4n) is 2.78. The minimum absolute atomic E-state index is 0.943. The molecule has 0 atom stereocenters. The van der Waals surface area contributed by atoms with Crippen molar-refractivity contribution in [3.8, 4) is 0 Å². The quantitative estimate of drug-likeness (QED) is 0.471. The monoisotopic (exact) mass is 296 g/mol. The number of hydrogen-bond donors (Lipinski definition) is 0. The van der Waals surface area contributed by atoms with E-state index in [0.29, 0.717) is 0 Å². The highest BCUT2D eigenvalue weighted by Crippen LogP contribution is 2.22. The molecule has 4 rings (SSSR count). The van der Waals surface area contributed by atoms with Crippen molar-refractivity contribution in [2.45, 2.75) is 6.92 Å². The average molecular weight is 296 g/mol. The lowest BCUT2D eigenvalue weighted by Crippen LogP contribution is -1.87. The van der Waals surface area contributed by atoms with Gasteiger partial charge in [0.2, 0.25) is 0 Å². The summed E-state index contributed by atoms with van der Waals surface area (Å²) in [6.07, 6.45) is 5.99. The van der Waals surface area contributed by atoms with Crippen LogP contribution in [-0.4, -0.2) is 9.97 Å². The second-order valence-electron chi connectivity index (χ2n) is 5.64. The fourth-order valence-corrected chi connectivity index (χ4v) is 2.78. The minimum Gasteiger partial charge on any atom is -0.254 e. The van der Waals surface area contributed by atoms with Crippen LogP contribution in [0, 0.1) is 6.92 Å². The van der Waals surface area contributed by atoms with E-state index in [9.17, 15) is 0 Å². The molecule has 0 aliphatic carbocycles. The fraction of sp³-hybridized carbons (Fsp3) is 0.0476. The van der Waals surface area contributed by atoms with Gasteiger partial charge in [0, 0.05) is 17.0 Å². The Morgan fingerprint density at radius 1 is 0.739 bits per heavy atom. The first-order valence-corrected chi connectivity index (χ1v) is 7.69. The van der Waals surface area contributed by atoms with Crippen LogP contribution >= 0.6 is 0 Å². The molecule has 0 spiro atoms. The molecule has 0 unspecified atom stereocenters. The predicted molar refractivity (Wildman–Crippen MR) is 97.2 cm³/mol. The molecule has 0 amide bonds. The summed E-state index contributed by atoms with van der Waals surface area (Å²) >= 11 is 0. The first-order valence-electron chi connectivity index (χ1n) is 7.69. The Morgan fingerprint density at radius 2 is 1.52 bits per heavy atom. The van der Waals surface area contributed by atoms with Crippen molar-refractivity contribution in [2.24, 2.45) is 0 Å². The SMILES string of the molecule is Cc1ccccc1C=Cc1ccc2ccc3cccnc3c2n1. The Kier molecular flexibility index (Phi) is 3.35. The lowest BCUT2D eigenvalue weighted by Gasteiger charge is -2.03. The highest BCUT2D eigenvalue weighted by molar-refractivity contribution is 6.02. The highest BCUT2D eigenvalue weighted by Gasteiger charge is 2.03. The zero-order chi connectivity index (χ0) is 15.6. The molecule has 0 saturated heterocycles. The van der Waals surface area contributed by atoms with Gasteiger partial charge in [-0.25, -0.2) is 4.98 Å². The molecule has 2 heterocycles. The van der Waals surface area contributed by atoms with Crippen LogP contribution in [0.5, 0.6) is 0 Å². The van der Waals surface area contributed by atoms with Crippen molar-refractivity contribution in [3.05, 3.63) is 83.7 Å². The van der Waals surface area contributed by atoms with E-state index in [-0.39, 0.29) is 0 Å². The third kappa shape index (κ3) is 2.59. The van der Waals surface area contributed by atoms with E-state index in [1.54, 1.807) is 0 Å². The van der Waals surface area contributed by atoms with E-state index in [4.69, 9.17) is 4.98 Å². The molecule has 0 radical (unpaired) electrons. The Hall–Kier alpha value is -3.00. The van der Waals surface area contributed by atoms with Gasteiger partial charge >= 0.3 is 0 Å². The van der Waals surface area contributed by atoms with E-state index < -0.39 is 0 Å². The van der Waals surface area contributed by atoms with E-state index in [1.165, 1.54) is 11.1 Å². The number of aromatic nitrogens is 2. The molecule has 23 heavy (non-hydrogen) atoms.